The molecule has 0 spiro atoms. The van der Waals surface area contributed by atoms with Crippen LogP contribution in [-0.4, -0.2) is 6.29 Å². The Morgan fingerprint density at radius 3 is 2.67 bits per heavy atom. The van der Waals surface area contributed by atoms with E-state index in [1.54, 1.807) is 11.3 Å². The number of carbonyl (C=O) groups excluding carboxylic acids is 1. The summed E-state index contributed by atoms with van der Waals surface area (Å²) in [4.78, 5) is 11.9. The molecule has 1 aromatic rings. The molecule has 0 unspecified atom stereocenters. The summed E-state index contributed by atoms with van der Waals surface area (Å²) in [5.74, 6) is 0. The fraction of sp³-hybridized carbons (Fsp3) is 0.444. The van der Waals surface area contributed by atoms with Crippen molar-refractivity contribution in [1.29, 1.82) is 0 Å². The zero-order valence-electron chi connectivity index (χ0n) is 7.13. The second kappa shape index (κ2) is 3.71. The molecule has 0 saturated carbocycles. The van der Waals surface area contributed by atoms with Crippen LogP contribution in [-0.2, 0) is 11.2 Å². The van der Waals surface area contributed by atoms with Crippen LogP contribution < -0.4 is 0 Å². The Bertz CT molecular complexity index is 278. The van der Waals surface area contributed by atoms with Crippen molar-refractivity contribution in [3.63, 3.8) is 0 Å². The molecule has 1 rings (SSSR count). The van der Waals surface area contributed by atoms with Crippen LogP contribution in [0.25, 0.3) is 0 Å². The zero-order valence-corrected chi connectivity index (χ0v) is 9.54. The van der Waals surface area contributed by atoms with E-state index in [1.807, 2.05) is 19.9 Å². The molecule has 0 aliphatic carbocycles. The summed E-state index contributed by atoms with van der Waals surface area (Å²) >= 11 is 5.08. The first kappa shape index (κ1) is 9.93. The molecule has 1 nitrogen and oxygen atoms in total. The molecule has 12 heavy (non-hydrogen) atoms. The van der Waals surface area contributed by atoms with Gasteiger partial charge in [-0.2, -0.15) is 0 Å². The molecule has 1 aromatic heterocycles. The van der Waals surface area contributed by atoms with Crippen molar-refractivity contribution in [1.82, 2.24) is 0 Å². The first-order valence-electron chi connectivity index (χ1n) is 3.74. The third-order valence-electron chi connectivity index (χ3n) is 1.58. The van der Waals surface area contributed by atoms with Crippen LogP contribution in [0.1, 0.15) is 18.7 Å². The van der Waals surface area contributed by atoms with Gasteiger partial charge in [-0.25, -0.2) is 0 Å². The van der Waals surface area contributed by atoms with Crippen LogP contribution >= 0.6 is 27.3 Å². The van der Waals surface area contributed by atoms with E-state index in [1.165, 1.54) is 4.88 Å². The minimum Gasteiger partial charge on any atom is -0.303 e. The lowest BCUT2D eigenvalue weighted by Crippen LogP contribution is -2.15. The first-order valence-corrected chi connectivity index (χ1v) is 5.35. The summed E-state index contributed by atoms with van der Waals surface area (Å²) in [7, 11) is 0. The molecule has 0 aromatic carbocycles. The number of rotatable bonds is 3. The number of carbonyl (C=O) groups is 1. The lowest BCUT2D eigenvalue weighted by Gasteiger charge is -2.14. The minimum atomic E-state index is -0.232. The fourth-order valence-corrected chi connectivity index (χ4v) is 2.66. The molecule has 66 valence electrons. The highest BCUT2D eigenvalue weighted by atomic mass is 79.9. The Kier molecular flexibility index (Phi) is 3.07. The largest absolute Gasteiger partial charge is 0.303 e. The van der Waals surface area contributed by atoms with Gasteiger partial charge in [0.2, 0.25) is 0 Å². The average Bonchev–Trinajstić information content (AvgIpc) is 2.35. The van der Waals surface area contributed by atoms with Gasteiger partial charge in [0, 0.05) is 10.3 Å². The zero-order chi connectivity index (χ0) is 9.19. The lowest BCUT2D eigenvalue weighted by molar-refractivity contribution is -0.114. The van der Waals surface area contributed by atoms with Crippen molar-refractivity contribution in [2.24, 2.45) is 5.41 Å². The number of aldehydes is 1. The van der Waals surface area contributed by atoms with Crippen LogP contribution in [0, 0.1) is 5.41 Å². The minimum absolute atomic E-state index is 0.232. The maximum Gasteiger partial charge on any atom is 0.125 e. The molecule has 0 radical (unpaired) electrons. The van der Waals surface area contributed by atoms with E-state index in [0.29, 0.717) is 0 Å². The summed E-state index contributed by atoms with van der Waals surface area (Å²) in [5, 5.41) is 0. The maximum absolute atomic E-state index is 10.6. The van der Waals surface area contributed by atoms with Gasteiger partial charge in [-0.3, -0.25) is 0 Å². The molecule has 0 amide bonds. The standard InChI is InChI=1S/C9H11BrOS/c1-9(2,6-11)5-7-3-4-8(10)12-7/h3-4,6H,5H2,1-2H3. The van der Waals surface area contributed by atoms with Crippen molar-refractivity contribution in [3.05, 3.63) is 20.8 Å². The SMILES string of the molecule is CC(C)(C=O)Cc1ccc(Br)s1. The highest BCUT2D eigenvalue weighted by Crippen LogP contribution is 2.27. The van der Waals surface area contributed by atoms with Gasteiger partial charge < -0.3 is 4.79 Å². The maximum atomic E-state index is 10.6. The van der Waals surface area contributed by atoms with E-state index < -0.39 is 0 Å². The van der Waals surface area contributed by atoms with Gasteiger partial charge in [0.25, 0.3) is 0 Å². The Morgan fingerprint density at radius 2 is 2.25 bits per heavy atom. The summed E-state index contributed by atoms with van der Waals surface area (Å²) in [5.41, 5.74) is -0.232. The van der Waals surface area contributed by atoms with Crippen molar-refractivity contribution in [2.45, 2.75) is 20.3 Å². The number of halogens is 1. The van der Waals surface area contributed by atoms with Crippen molar-refractivity contribution >= 4 is 33.6 Å². The lowest BCUT2D eigenvalue weighted by atomic mass is 9.91. The number of hydrogen-bond donors (Lipinski definition) is 0. The predicted octanol–water partition coefficient (Wildman–Crippen LogP) is 3.28. The Morgan fingerprint density at radius 1 is 1.58 bits per heavy atom. The molecule has 0 aliphatic rings. The van der Waals surface area contributed by atoms with Crippen LogP contribution in [0.2, 0.25) is 0 Å². The van der Waals surface area contributed by atoms with Gasteiger partial charge in [0.15, 0.2) is 0 Å². The van der Waals surface area contributed by atoms with E-state index in [4.69, 9.17) is 0 Å². The smallest absolute Gasteiger partial charge is 0.125 e. The summed E-state index contributed by atoms with van der Waals surface area (Å²) in [6.07, 6.45) is 1.84. The predicted molar refractivity (Wildman–Crippen MR) is 55.6 cm³/mol. The summed E-state index contributed by atoms with van der Waals surface area (Å²) in [6, 6.07) is 4.07. The molecule has 0 bridgehead atoms. The third kappa shape index (κ3) is 2.72. The van der Waals surface area contributed by atoms with Gasteiger partial charge in [-0.1, -0.05) is 13.8 Å². The normalized spacial score (nSPS) is 11.6. The third-order valence-corrected chi connectivity index (χ3v) is 3.20. The topological polar surface area (TPSA) is 17.1 Å². The molecular formula is C9H11BrOS. The quantitative estimate of drug-likeness (QED) is 0.749. The van der Waals surface area contributed by atoms with Gasteiger partial charge in [0.1, 0.15) is 6.29 Å². The number of thiophene rings is 1. The summed E-state index contributed by atoms with van der Waals surface area (Å²) < 4.78 is 1.12. The van der Waals surface area contributed by atoms with Crippen LogP contribution in [0.5, 0.6) is 0 Å². The Hall–Kier alpha value is -0.150. The fourth-order valence-electron chi connectivity index (χ4n) is 0.937. The molecule has 0 N–H and O–H groups in total. The van der Waals surface area contributed by atoms with Gasteiger partial charge in [0.05, 0.1) is 3.79 Å². The van der Waals surface area contributed by atoms with Crippen molar-refractivity contribution < 1.29 is 4.79 Å². The van der Waals surface area contributed by atoms with E-state index in [0.717, 1.165) is 16.5 Å². The highest BCUT2D eigenvalue weighted by molar-refractivity contribution is 9.11. The van der Waals surface area contributed by atoms with Crippen LogP contribution in [0.3, 0.4) is 0 Å². The number of hydrogen-bond acceptors (Lipinski definition) is 2. The molecule has 0 aliphatic heterocycles. The highest BCUT2D eigenvalue weighted by Gasteiger charge is 2.17. The molecule has 0 fully saturated rings. The molecule has 3 heteroatoms. The Balaban J connectivity index is 2.69. The second-order valence-corrected chi connectivity index (χ2v) is 6.04. The van der Waals surface area contributed by atoms with Gasteiger partial charge in [-0.15, -0.1) is 11.3 Å². The summed E-state index contributed by atoms with van der Waals surface area (Å²) in [6.45, 7) is 3.90. The molecule has 1 heterocycles. The van der Waals surface area contributed by atoms with Crippen LogP contribution in [0.4, 0.5) is 0 Å². The average molecular weight is 247 g/mol. The van der Waals surface area contributed by atoms with E-state index in [-0.39, 0.29) is 5.41 Å². The van der Waals surface area contributed by atoms with Crippen molar-refractivity contribution in [2.75, 3.05) is 0 Å². The second-order valence-electron chi connectivity index (χ2n) is 3.49. The molecular weight excluding hydrogens is 236 g/mol. The first-order chi connectivity index (χ1) is 5.53. The van der Waals surface area contributed by atoms with Gasteiger partial charge in [-0.05, 0) is 34.5 Å². The van der Waals surface area contributed by atoms with E-state index in [9.17, 15) is 4.79 Å². The van der Waals surface area contributed by atoms with Crippen molar-refractivity contribution in [3.8, 4) is 0 Å². The molecule has 0 atom stereocenters. The molecule has 0 saturated heterocycles. The van der Waals surface area contributed by atoms with Crippen LogP contribution in [0.15, 0.2) is 15.9 Å². The van der Waals surface area contributed by atoms with E-state index >= 15 is 0 Å². The van der Waals surface area contributed by atoms with Gasteiger partial charge >= 0.3 is 0 Å². The van der Waals surface area contributed by atoms with E-state index in [2.05, 4.69) is 22.0 Å². The Labute approximate surface area is 84.9 Å². The monoisotopic (exact) mass is 246 g/mol.